The van der Waals surface area contributed by atoms with Crippen LogP contribution in [0.5, 0.6) is 0 Å². The maximum absolute atomic E-state index is 12.1. The molecule has 0 saturated carbocycles. The topological polar surface area (TPSA) is 95.7 Å². The Balaban J connectivity index is 2.88. The van der Waals surface area contributed by atoms with E-state index in [2.05, 4.69) is 5.32 Å². The van der Waals surface area contributed by atoms with Crippen LogP contribution in [0.1, 0.15) is 10.4 Å². The number of carbonyl (C=O) groups is 1. The Morgan fingerprint density at radius 3 is 2.38 bits per heavy atom. The number of anilines is 2. The van der Waals surface area contributed by atoms with E-state index >= 15 is 0 Å². The van der Waals surface area contributed by atoms with Crippen LogP contribution in [0.2, 0.25) is 0 Å². The van der Waals surface area contributed by atoms with Crippen LogP contribution >= 0.6 is 0 Å². The Morgan fingerprint density at radius 2 is 1.86 bits per heavy atom. The molecule has 0 aromatic heterocycles. The first-order valence-corrected chi connectivity index (χ1v) is 8.01. The smallest absolute Gasteiger partial charge is 0.255 e. The minimum Gasteiger partial charge on any atom is -0.399 e. The van der Waals surface area contributed by atoms with Crippen molar-refractivity contribution in [3.8, 4) is 0 Å². The van der Waals surface area contributed by atoms with Gasteiger partial charge in [0.05, 0.1) is 11.3 Å². The molecule has 3 N–H and O–H groups in total. The zero-order valence-electron chi connectivity index (χ0n) is 12.8. The fourth-order valence-corrected chi connectivity index (χ4v) is 2.36. The highest BCUT2D eigenvalue weighted by Gasteiger charge is 2.16. The van der Waals surface area contributed by atoms with Gasteiger partial charge in [0.15, 0.2) is 0 Å². The Hall–Kier alpha value is -1.80. The van der Waals surface area contributed by atoms with Crippen LogP contribution in [-0.2, 0) is 10.0 Å². The van der Waals surface area contributed by atoms with E-state index in [4.69, 9.17) is 5.73 Å². The highest BCUT2D eigenvalue weighted by Crippen LogP contribution is 2.20. The maximum atomic E-state index is 12.1. The van der Waals surface area contributed by atoms with Crippen molar-refractivity contribution in [2.24, 2.45) is 0 Å². The summed E-state index contributed by atoms with van der Waals surface area (Å²) >= 11 is 0. The third kappa shape index (κ3) is 4.61. The molecule has 21 heavy (non-hydrogen) atoms. The standard InChI is InChI=1S/C13H22N4O3S/c1-16(2)13(18)11-6-5-10(14)9-12(11)15-7-8-21(19,20)17(3)4/h5-6,9,15H,7-8,14H2,1-4H3. The summed E-state index contributed by atoms with van der Waals surface area (Å²) in [6.45, 7) is 0.192. The van der Waals surface area contributed by atoms with Gasteiger partial charge >= 0.3 is 0 Å². The summed E-state index contributed by atoms with van der Waals surface area (Å²) in [6, 6.07) is 4.89. The molecule has 0 spiro atoms. The molecule has 0 aliphatic heterocycles. The van der Waals surface area contributed by atoms with Crippen molar-refractivity contribution in [3.63, 3.8) is 0 Å². The number of hydrogen-bond donors (Lipinski definition) is 2. The molecule has 0 bridgehead atoms. The summed E-state index contributed by atoms with van der Waals surface area (Å²) in [6.07, 6.45) is 0. The molecule has 0 unspecified atom stereocenters. The quantitative estimate of drug-likeness (QED) is 0.735. The summed E-state index contributed by atoms with van der Waals surface area (Å²) in [5, 5.41) is 2.97. The van der Waals surface area contributed by atoms with Gasteiger partial charge in [-0.2, -0.15) is 0 Å². The Bertz CT molecular complexity index is 612. The van der Waals surface area contributed by atoms with E-state index in [1.165, 1.54) is 23.3 Å². The molecule has 0 fully saturated rings. The molecule has 118 valence electrons. The molecule has 0 atom stereocenters. The molecule has 7 nitrogen and oxygen atoms in total. The second kappa shape index (κ2) is 6.77. The second-order valence-corrected chi connectivity index (χ2v) is 7.33. The molecule has 1 aromatic rings. The predicted octanol–water partition coefficient (Wildman–Crippen LogP) is 0.274. The van der Waals surface area contributed by atoms with Crippen molar-refractivity contribution in [2.75, 3.05) is 51.5 Å². The van der Waals surface area contributed by atoms with Crippen LogP contribution < -0.4 is 11.1 Å². The van der Waals surface area contributed by atoms with Gasteiger partial charge in [0, 0.05) is 46.1 Å². The van der Waals surface area contributed by atoms with E-state index in [1.54, 1.807) is 32.3 Å². The van der Waals surface area contributed by atoms with Crippen molar-refractivity contribution >= 4 is 27.3 Å². The summed E-state index contributed by atoms with van der Waals surface area (Å²) in [5.41, 5.74) is 7.21. The monoisotopic (exact) mass is 314 g/mol. The number of nitrogens with two attached hydrogens (primary N) is 1. The number of sulfonamides is 1. The van der Waals surface area contributed by atoms with Crippen LogP contribution in [-0.4, -0.2) is 64.0 Å². The van der Waals surface area contributed by atoms with Crippen molar-refractivity contribution < 1.29 is 13.2 Å². The lowest BCUT2D eigenvalue weighted by Gasteiger charge is -2.17. The molecule has 1 aromatic carbocycles. The van der Waals surface area contributed by atoms with Gasteiger partial charge in [-0.25, -0.2) is 12.7 Å². The van der Waals surface area contributed by atoms with Crippen LogP contribution in [0.25, 0.3) is 0 Å². The average Bonchev–Trinajstić information content (AvgIpc) is 2.37. The third-order valence-electron chi connectivity index (χ3n) is 2.91. The first-order chi connectivity index (χ1) is 9.65. The van der Waals surface area contributed by atoms with Gasteiger partial charge < -0.3 is 16.0 Å². The summed E-state index contributed by atoms with van der Waals surface area (Å²) in [4.78, 5) is 13.5. The number of nitrogens with zero attached hydrogens (tertiary/aromatic N) is 2. The van der Waals surface area contributed by atoms with Crippen LogP contribution in [0.4, 0.5) is 11.4 Å². The fraction of sp³-hybridized carbons (Fsp3) is 0.462. The normalized spacial score (nSPS) is 11.5. The minimum absolute atomic E-state index is 0.0651. The van der Waals surface area contributed by atoms with E-state index in [-0.39, 0.29) is 18.2 Å². The van der Waals surface area contributed by atoms with Gasteiger partial charge in [-0.05, 0) is 18.2 Å². The molecule has 1 amide bonds. The molecular weight excluding hydrogens is 292 g/mol. The number of nitrogen functional groups attached to an aromatic ring is 1. The zero-order chi connectivity index (χ0) is 16.2. The largest absolute Gasteiger partial charge is 0.399 e. The average molecular weight is 314 g/mol. The van der Waals surface area contributed by atoms with Gasteiger partial charge in [0.1, 0.15) is 0 Å². The number of amides is 1. The number of nitrogens with one attached hydrogen (secondary N) is 1. The number of benzene rings is 1. The Morgan fingerprint density at radius 1 is 1.24 bits per heavy atom. The molecule has 0 heterocycles. The maximum Gasteiger partial charge on any atom is 0.255 e. The van der Waals surface area contributed by atoms with Crippen LogP contribution in [0.15, 0.2) is 18.2 Å². The van der Waals surface area contributed by atoms with E-state index in [0.29, 0.717) is 16.9 Å². The molecule has 0 saturated heterocycles. The highest BCUT2D eigenvalue weighted by atomic mass is 32.2. The van der Waals surface area contributed by atoms with Crippen molar-refractivity contribution in [1.82, 2.24) is 9.21 Å². The van der Waals surface area contributed by atoms with E-state index in [9.17, 15) is 13.2 Å². The lowest BCUT2D eigenvalue weighted by Crippen LogP contribution is -2.29. The van der Waals surface area contributed by atoms with E-state index in [0.717, 1.165) is 0 Å². The second-order valence-electron chi connectivity index (χ2n) is 5.03. The fourth-order valence-electron chi connectivity index (χ4n) is 1.63. The number of hydrogen-bond acceptors (Lipinski definition) is 5. The van der Waals surface area contributed by atoms with Gasteiger partial charge in [0.25, 0.3) is 5.91 Å². The highest BCUT2D eigenvalue weighted by molar-refractivity contribution is 7.89. The summed E-state index contributed by atoms with van der Waals surface area (Å²) < 4.78 is 24.6. The van der Waals surface area contributed by atoms with Crippen LogP contribution in [0, 0.1) is 0 Å². The lowest BCUT2D eigenvalue weighted by atomic mass is 10.1. The van der Waals surface area contributed by atoms with Crippen molar-refractivity contribution in [3.05, 3.63) is 23.8 Å². The zero-order valence-corrected chi connectivity index (χ0v) is 13.6. The summed E-state index contributed by atoms with van der Waals surface area (Å²) in [7, 11) is 2.99. The van der Waals surface area contributed by atoms with Crippen molar-refractivity contribution in [1.29, 1.82) is 0 Å². The first-order valence-electron chi connectivity index (χ1n) is 6.40. The van der Waals surface area contributed by atoms with Crippen molar-refractivity contribution in [2.45, 2.75) is 0 Å². The molecule has 8 heteroatoms. The van der Waals surface area contributed by atoms with Gasteiger partial charge in [0.2, 0.25) is 10.0 Å². The van der Waals surface area contributed by atoms with E-state index in [1.807, 2.05) is 0 Å². The van der Waals surface area contributed by atoms with Gasteiger partial charge in [-0.1, -0.05) is 0 Å². The Kier molecular flexibility index (Phi) is 5.56. The van der Waals surface area contributed by atoms with E-state index < -0.39 is 10.0 Å². The number of rotatable bonds is 6. The molecule has 0 aliphatic carbocycles. The van der Waals surface area contributed by atoms with Gasteiger partial charge in [-0.15, -0.1) is 0 Å². The van der Waals surface area contributed by atoms with Gasteiger partial charge in [-0.3, -0.25) is 4.79 Å². The Labute approximate surface area is 125 Å². The number of carbonyl (C=O) groups excluding carboxylic acids is 1. The minimum atomic E-state index is -3.28. The van der Waals surface area contributed by atoms with Crippen LogP contribution in [0.3, 0.4) is 0 Å². The first kappa shape index (κ1) is 17.3. The molecule has 0 aliphatic rings. The third-order valence-corrected chi connectivity index (χ3v) is 4.74. The molecular formula is C13H22N4O3S. The molecule has 0 radical (unpaired) electrons. The summed E-state index contributed by atoms with van der Waals surface area (Å²) in [5.74, 6) is -0.238. The SMILES string of the molecule is CN(C)C(=O)c1ccc(N)cc1NCCS(=O)(=O)N(C)C. The lowest BCUT2D eigenvalue weighted by molar-refractivity contribution is 0.0828. The predicted molar refractivity (Wildman–Crippen MR) is 84.8 cm³/mol. The molecule has 1 rings (SSSR count).